The fourth-order valence-corrected chi connectivity index (χ4v) is 12.3. The number of phosphoric acid groups is 2. The fourth-order valence-electron chi connectivity index (χ4n) is 10.7. The maximum atomic E-state index is 13.1. The molecule has 0 aromatic carbocycles. The monoisotopic (exact) mass is 1500 g/mol. The van der Waals surface area contributed by atoms with Crippen molar-refractivity contribution >= 4 is 39.5 Å². The molecule has 0 spiro atoms. The molecule has 5 unspecified atom stereocenters. The van der Waals surface area contributed by atoms with Crippen LogP contribution in [0.3, 0.4) is 0 Å². The zero-order chi connectivity index (χ0) is 76.0. The highest BCUT2D eigenvalue weighted by Gasteiger charge is 2.30. The van der Waals surface area contributed by atoms with Crippen molar-refractivity contribution < 1.29 is 80.2 Å². The van der Waals surface area contributed by atoms with Crippen molar-refractivity contribution in [3.8, 4) is 0 Å². The molecule has 0 aliphatic heterocycles. The number of aliphatic hydroxyl groups excluding tert-OH is 1. The van der Waals surface area contributed by atoms with Crippen LogP contribution >= 0.6 is 15.6 Å². The molecule has 0 heterocycles. The molecule has 3 N–H and O–H groups in total. The van der Waals surface area contributed by atoms with Crippen LogP contribution in [-0.4, -0.2) is 96.7 Å². The third kappa shape index (κ3) is 75.7. The molecule has 0 aromatic rings. The molecule has 0 saturated carbocycles. The standard InChI is InChI=1S/C85H146O17P2/c1-5-9-13-17-21-25-29-32-35-37-39-41-44-47-51-54-58-62-66-70-83(88)96-76-81(102-85(90)72-68-64-60-56-52-48-45-42-40-38-36-33-30-26-22-18-14-10-6-2)78-100-104(93,94)98-74-79(86)73-97-103(91,92)99-77-80(101-84(89)71-67-63-59-55-49-28-24-20-16-12-8-4)75-95-82(87)69-65-61-57-53-50-46-43-34-31-27-23-19-15-11-7-3/h9,13,21-23,25-27,32-36,39-43,47,51,79-81,86H,5-8,10-12,14-20,24,28-31,37-38,44-46,48-50,52-78H2,1-4H3,(H,91,92)(H,93,94)/b13-9-,25-21-,26-22-,27-23-,35-32-,36-33-,41-39-,42-40-,43-34-,51-47-. The number of ether oxygens (including phenoxy) is 4. The van der Waals surface area contributed by atoms with Crippen LogP contribution in [0.4, 0.5) is 0 Å². The minimum atomic E-state index is -4.99. The maximum absolute atomic E-state index is 13.1. The van der Waals surface area contributed by atoms with E-state index in [1.165, 1.54) is 77.0 Å². The maximum Gasteiger partial charge on any atom is 0.472 e. The van der Waals surface area contributed by atoms with E-state index in [1.54, 1.807) is 0 Å². The Hall–Kier alpha value is -4.54. The van der Waals surface area contributed by atoms with E-state index < -0.39 is 97.5 Å². The highest BCUT2D eigenvalue weighted by Crippen LogP contribution is 2.45. The first-order valence-electron chi connectivity index (χ1n) is 40.8. The van der Waals surface area contributed by atoms with Crippen LogP contribution in [0.25, 0.3) is 0 Å². The number of carbonyl (C=O) groups excluding carboxylic acids is 4. The number of hydrogen-bond acceptors (Lipinski definition) is 15. The van der Waals surface area contributed by atoms with Crippen molar-refractivity contribution in [2.24, 2.45) is 0 Å². The Labute approximate surface area is 632 Å². The molecule has 0 aliphatic carbocycles. The number of rotatable bonds is 76. The van der Waals surface area contributed by atoms with Gasteiger partial charge in [0.1, 0.15) is 19.3 Å². The molecule has 0 rings (SSSR count). The van der Waals surface area contributed by atoms with E-state index in [0.717, 1.165) is 180 Å². The Kier molecular flexibility index (Phi) is 73.3. The van der Waals surface area contributed by atoms with Crippen molar-refractivity contribution in [2.45, 2.75) is 354 Å². The molecule has 0 saturated heterocycles. The summed E-state index contributed by atoms with van der Waals surface area (Å²) in [5, 5.41) is 10.6. The zero-order valence-electron chi connectivity index (χ0n) is 65.4. The van der Waals surface area contributed by atoms with Crippen molar-refractivity contribution in [3.05, 3.63) is 122 Å². The second-order valence-corrected chi connectivity index (χ2v) is 29.9. The summed E-state index contributed by atoms with van der Waals surface area (Å²) < 4.78 is 68.6. The van der Waals surface area contributed by atoms with Gasteiger partial charge in [-0.25, -0.2) is 9.13 Å². The lowest BCUT2D eigenvalue weighted by atomic mass is 10.1. The van der Waals surface area contributed by atoms with Gasteiger partial charge in [0.05, 0.1) is 26.4 Å². The number of esters is 4. The molecule has 0 fully saturated rings. The summed E-state index contributed by atoms with van der Waals surface area (Å²) >= 11 is 0. The van der Waals surface area contributed by atoms with Gasteiger partial charge in [-0.15, -0.1) is 0 Å². The molecular formula is C85H146O17P2. The summed E-state index contributed by atoms with van der Waals surface area (Å²) in [5.41, 5.74) is 0. The minimum Gasteiger partial charge on any atom is -0.462 e. The lowest BCUT2D eigenvalue weighted by molar-refractivity contribution is -0.161. The number of aliphatic hydroxyl groups is 1. The molecule has 0 radical (unpaired) electrons. The van der Waals surface area contributed by atoms with E-state index in [0.29, 0.717) is 25.7 Å². The molecule has 0 bridgehead atoms. The Morgan fingerprint density at radius 3 is 0.798 bits per heavy atom. The van der Waals surface area contributed by atoms with Crippen LogP contribution < -0.4 is 0 Å². The first-order valence-corrected chi connectivity index (χ1v) is 43.8. The molecule has 0 aromatic heterocycles. The van der Waals surface area contributed by atoms with Gasteiger partial charge in [-0.05, 0) is 141 Å². The number of allylic oxidation sites excluding steroid dienone is 20. The third-order valence-electron chi connectivity index (χ3n) is 16.9. The first kappa shape index (κ1) is 99.5. The second-order valence-electron chi connectivity index (χ2n) is 27.0. The van der Waals surface area contributed by atoms with Crippen molar-refractivity contribution in [1.29, 1.82) is 0 Å². The first-order chi connectivity index (χ1) is 50.7. The highest BCUT2D eigenvalue weighted by atomic mass is 31.2. The minimum absolute atomic E-state index is 0.0705. The topological polar surface area (TPSA) is 237 Å². The van der Waals surface area contributed by atoms with E-state index in [-0.39, 0.29) is 25.7 Å². The summed E-state index contributed by atoms with van der Waals surface area (Å²) in [6.45, 7) is 4.66. The molecule has 104 heavy (non-hydrogen) atoms. The van der Waals surface area contributed by atoms with Gasteiger partial charge in [-0.1, -0.05) is 290 Å². The fraction of sp³-hybridized carbons (Fsp3) is 0.718. The third-order valence-corrected chi connectivity index (χ3v) is 18.8. The van der Waals surface area contributed by atoms with Crippen molar-refractivity contribution in [3.63, 3.8) is 0 Å². The number of hydrogen-bond donors (Lipinski definition) is 3. The molecule has 0 amide bonds. The quantitative estimate of drug-likeness (QED) is 0.0169. The summed E-state index contributed by atoms with van der Waals surface area (Å²) in [6, 6.07) is 0. The predicted molar refractivity (Wildman–Crippen MR) is 427 cm³/mol. The highest BCUT2D eigenvalue weighted by molar-refractivity contribution is 7.47. The van der Waals surface area contributed by atoms with Gasteiger partial charge in [-0.2, -0.15) is 0 Å². The Morgan fingerprint density at radius 2 is 0.500 bits per heavy atom. The lowest BCUT2D eigenvalue weighted by Crippen LogP contribution is -2.30. The number of unbranched alkanes of at least 4 members (excludes halogenated alkanes) is 30. The second kappa shape index (κ2) is 76.6. The summed E-state index contributed by atoms with van der Waals surface area (Å²) in [6.07, 6.45) is 84.6. The molecule has 17 nitrogen and oxygen atoms in total. The van der Waals surface area contributed by atoms with Gasteiger partial charge in [0.25, 0.3) is 0 Å². The normalized spacial score (nSPS) is 14.5. The van der Waals surface area contributed by atoms with Gasteiger partial charge in [0.2, 0.25) is 0 Å². The lowest BCUT2D eigenvalue weighted by Gasteiger charge is -2.21. The van der Waals surface area contributed by atoms with Crippen LogP contribution in [0.2, 0.25) is 0 Å². The zero-order valence-corrected chi connectivity index (χ0v) is 67.2. The van der Waals surface area contributed by atoms with E-state index in [4.69, 9.17) is 37.0 Å². The molecule has 5 atom stereocenters. The van der Waals surface area contributed by atoms with Crippen LogP contribution in [0, 0.1) is 0 Å². The molecule has 598 valence electrons. The molecule has 19 heteroatoms. The molecule has 0 aliphatic rings. The molecular weight excluding hydrogens is 1350 g/mol. The summed E-state index contributed by atoms with van der Waals surface area (Å²) in [4.78, 5) is 73.0. The predicted octanol–water partition coefficient (Wildman–Crippen LogP) is 23.9. The summed E-state index contributed by atoms with van der Waals surface area (Å²) in [5.74, 6) is -2.23. The number of carbonyl (C=O) groups is 4. The average molecular weight is 1500 g/mol. The van der Waals surface area contributed by atoms with E-state index in [2.05, 4.69) is 149 Å². The number of phosphoric ester groups is 2. The Bertz CT molecular complexity index is 2440. The van der Waals surface area contributed by atoms with E-state index in [9.17, 15) is 43.2 Å². The van der Waals surface area contributed by atoms with Crippen LogP contribution in [0.15, 0.2) is 122 Å². The van der Waals surface area contributed by atoms with Gasteiger partial charge in [0.15, 0.2) is 12.2 Å². The van der Waals surface area contributed by atoms with Crippen LogP contribution in [-0.2, 0) is 65.4 Å². The van der Waals surface area contributed by atoms with Gasteiger partial charge in [-0.3, -0.25) is 37.3 Å². The smallest absolute Gasteiger partial charge is 0.462 e. The van der Waals surface area contributed by atoms with Crippen LogP contribution in [0.5, 0.6) is 0 Å². The van der Waals surface area contributed by atoms with Crippen molar-refractivity contribution in [2.75, 3.05) is 39.6 Å². The van der Waals surface area contributed by atoms with Gasteiger partial charge < -0.3 is 33.8 Å². The van der Waals surface area contributed by atoms with Gasteiger partial charge in [0, 0.05) is 25.7 Å². The van der Waals surface area contributed by atoms with Gasteiger partial charge >= 0.3 is 39.5 Å². The van der Waals surface area contributed by atoms with Crippen LogP contribution in [0.1, 0.15) is 336 Å². The largest absolute Gasteiger partial charge is 0.472 e. The van der Waals surface area contributed by atoms with Crippen molar-refractivity contribution in [1.82, 2.24) is 0 Å². The van der Waals surface area contributed by atoms with E-state index in [1.807, 2.05) is 0 Å². The summed E-state index contributed by atoms with van der Waals surface area (Å²) in [7, 11) is -9.97. The van der Waals surface area contributed by atoms with E-state index >= 15 is 0 Å². The average Bonchev–Trinajstić information content (AvgIpc) is 0.928. The SMILES string of the molecule is CC/C=C\C/C=C\C/C=C\C/C=C\C/C=C\CCCCCC(=O)OCC(COP(=O)(O)OCC(O)COP(=O)(O)OCC(COC(=O)CCCCCCC/C=C\C/C=C\CCCCC)OC(=O)CCCCCCCCCCCCC)OC(=O)CCCCCCCC/C=C\C/C=C\C/C=C\CCCCC. The Morgan fingerprint density at radius 1 is 0.279 bits per heavy atom. The Balaban J connectivity index is 5.39.